The van der Waals surface area contributed by atoms with Crippen LogP contribution in [0.2, 0.25) is 5.02 Å². The van der Waals surface area contributed by atoms with Crippen LogP contribution in [0.15, 0.2) is 47.5 Å². The molecule has 2 aromatic rings. The van der Waals surface area contributed by atoms with Crippen LogP contribution in [-0.2, 0) is 0 Å². The Morgan fingerprint density at radius 1 is 1.13 bits per heavy atom. The van der Waals surface area contributed by atoms with E-state index >= 15 is 0 Å². The number of aliphatic imine (C=N–C) groups is 1. The van der Waals surface area contributed by atoms with Crippen LogP contribution >= 0.6 is 11.6 Å². The minimum atomic E-state index is -0.0489. The van der Waals surface area contributed by atoms with E-state index < -0.39 is 0 Å². The van der Waals surface area contributed by atoms with Gasteiger partial charge in [0.25, 0.3) is 0 Å². The Bertz CT molecular complexity index is 702. The molecule has 1 unspecified atom stereocenters. The lowest BCUT2D eigenvalue weighted by Gasteiger charge is -2.21. The van der Waals surface area contributed by atoms with Crippen LogP contribution < -0.4 is 0 Å². The molecule has 0 aliphatic carbocycles. The minimum absolute atomic E-state index is 0.0489. The van der Waals surface area contributed by atoms with Crippen LogP contribution in [0.25, 0.3) is 0 Å². The Morgan fingerprint density at radius 3 is 2.26 bits per heavy atom. The van der Waals surface area contributed by atoms with Gasteiger partial charge in [-0.1, -0.05) is 49.7 Å². The van der Waals surface area contributed by atoms with Gasteiger partial charge in [0.15, 0.2) is 0 Å². The van der Waals surface area contributed by atoms with Gasteiger partial charge in [-0.05, 0) is 60.9 Å². The Hall–Kier alpha value is -1.93. The fourth-order valence-electron chi connectivity index (χ4n) is 2.84. The van der Waals surface area contributed by atoms with Crippen molar-refractivity contribution in [2.75, 3.05) is 0 Å². The Kier molecular flexibility index (Phi) is 5.73. The van der Waals surface area contributed by atoms with Crippen LogP contribution in [0.4, 0.5) is 5.69 Å². The Morgan fingerprint density at radius 2 is 1.74 bits per heavy atom. The van der Waals surface area contributed by atoms with Crippen LogP contribution in [0.1, 0.15) is 42.9 Å². The van der Waals surface area contributed by atoms with Crippen LogP contribution in [0.5, 0.6) is 0 Å². The van der Waals surface area contributed by atoms with Gasteiger partial charge in [0.2, 0.25) is 0 Å². The summed E-state index contributed by atoms with van der Waals surface area (Å²) in [5, 5.41) is 9.32. The second kappa shape index (κ2) is 7.56. The highest BCUT2D eigenvalue weighted by atomic mass is 35.5. The quantitative estimate of drug-likeness (QED) is 0.615. The average molecular weight is 327 g/mol. The number of rotatable bonds is 6. The van der Waals surface area contributed by atoms with E-state index in [9.17, 15) is 0 Å². The minimum Gasteiger partial charge on any atom is -0.309 e. The standard InChI is InChI=1S/C20H23ClN2/c1-13(2)11-18(22)20(15-5-8-17(21)9-6-15)16-7-10-19(23-4)14(3)12-16/h5-10,12-13,20,22H,4,11H2,1-3H3. The van der Waals surface area contributed by atoms with Gasteiger partial charge >= 0.3 is 0 Å². The zero-order chi connectivity index (χ0) is 17.0. The van der Waals surface area contributed by atoms with E-state index in [-0.39, 0.29) is 5.92 Å². The molecule has 0 bridgehead atoms. The average Bonchev–Trinajstić information content (AvgIpc) is 2.49. The monoisotopic (exact) mass is 326 g/mol. The first kappa shape index (κ1) is 17.4. The summed E-state index contributed by atoms with van der Waals surface area (Å²) in [5.41, 5.74) is 4.90. The van der Waals surface area contributed by atoms with E-state index in [0.29, 0.717) is 10.9 Å². The van der Waals surface area contributed by atoms with Crippen molar-refractivity contribution in [3.8, 4) is 0 Å². The van der Waals surface area contributed by atoms with Crippen molar-refractivity contribution >= 4 is 29.7 Å². The van der Waals surface area contributed by atoms with E-state index in [1.165, 1.54) is 0 Å². The Labute approximate surface area is 143 Å². The van der Waals surface area contributed by atoms with Crippen LogP contribution in [0, 0.1) is 18.3 Å². The first-order valence-corrected chi connectivity index (χ1v) is 8.20. The molecule has 2 rings (SSSR count). The first-order valence-electron chi connectivity index (χ1n) is 7.82. The molecule has 0 aliphatic heterocycles. The van der Waals surface area contributed by atoms with Crippen molar-refractivity contribution in [3.05, 3.63) is 64.2 Å². The SMILES string of the molecule is C=Nc1ccc(C(C(=N)CC(C)C)c2ccc(Cl)cc2)cc1C. The van der Waals surface area contributed by atoms with Crippen LogP contribution in [0.3, 0.4) is 0 Å². The smallest absolute Gasteiger partial charge is 0.0651 e. The van der Waals surface area contributed by atoms with E-state index in [4.69, 9.17) is 17.0 Å². The maximum atomic E-state index is 8.61. The predicted octanol–water partition coefficient (Wildman–Crippen LogP) is 6.18. The summed E-state index contributed by atoms with van der Waals surface area (Å²) in [6.45, 7) is 9.91. The number of hydrogen-bond donors (Lipinski definition) is 1. The molecule has 0 spiro atoms. The van der Waals surface area contributed by atoms with Crippen LogP contribution in [-0.4, -0.2) is 12.4 Å². The van der Waals surface area contributed by atoms with Gasteiger partial charge in [-0.2, -0.15) is 0 Å². The lowest BCUT2D eigenvalue weighted by molar-refractivity contribution is 0.671. The highest BCUT2D eigenvalue weighted by Gasteiger charge is 2.20. The summed E-state index contributed by atoms with van der Waals surface area (Å²) in [5.74, 6) is 0.403. The number of halogens is 1. The van der Waals surface area contributed by atoms with Gasteiger partial charge in [0.05, 0.1) is 5.69 Å². The molecular formula is C20H23ClN2. The first-order chi connectivity index (χ1) is 10.9. The normalized spacial score (nSPS) is 12.2. The molecule has 0 aliphatic rings. The molecule has 120 valence electrons. The van der Waals surface area contributed by atoms with Crippen molar-refractivity contribution in [2.45, 2.75) is 33.1 Å². The van der Waals surface area contributed by atoms with E-state index in [2.05, 4.69) is 31.6 Å². The number of nitrogens with one attached hydrogen (secondary N) is 1. The van der Waals surface area contributed by atoms with Crippen molar-refractivity contribution in [1.29, 1.82) is 5.41 Å². The van der Waals surface area contributed by atoms with Gasteiger partial charge in [-0.15, -0.1) is 0 Å². The molecule has 1 atom stereocenters. The summed E-state index contributed by atoms with van der Waals surface area (Å²) in [6, 6.07) is 13.9. The van der Waals surface area contributed by atoms with Gasteiger partial charge in [-0.25, -0.2) is 0 Å². The lowest BCUT2D eigenvalue weighted by Crippen LogP contribution is -2.15. The summed E-state index contributed by atoms with van der Waals surface area (Å²) in [6.07, 6.45) is 0.772. The molecule has 23 heavy (non-hydrogen) atoms. The van der Waals surface area contributed by atoms with Crippen molar-refractivity contribution in [3.63, 3.8) is 0 Å². The summed E-state index contributed by atoms with van der Waals surface area (Å²) < 4.78 is 0. The molecule has 1 N–H and O–H groups in total. The van der Waals surface area contributed by atoms with Crippen molar-refractivity contribution in [2.24, 2.45) is 10.9 Å². The van der Waals surface area contributed by atoms with Gasteiger partial charge in [0.1, 0.15) is 0 Å². The molecule has 0 radical (unpaired) electrons. The third-order valence-electron chi connectivity index (χ3n) is 3.90. The molecule has 0 saturated carbocycles. The number of hydrogen-bond acceptors (Lipinski definition) is 2. The largest absolute Gasteiger partial charge is 0.309 e. The fraction of sp³-hybridized carbons (Fsp3) is 0.300. The predicted molar refractivity (Wildman–Crippen MR) is 101 cm³/mol. The maximum Gasteiger partial charge on any atom is 0.0651 e. The molecular weight excluding hydrogens is 304 g/mol. The van der Waals surface area contributed by atoms with E-state index in [1.54, 1.807) is 0 Å². The maximum absolute atomic E-state index is 8.61. The zero-order valence-electron chi connectivity index (χ0n) is 13.9. The Balaban J connectivity index is 2.48. The molecule has 2 aromatic carbocycles. The second-order valence-electron chi connectivity index (χ2n) is 6.31. The lowest BCUT2D eigenvalue weighted by atomic mass is 9.83. The van der Waals surface area contributed by atoms with E-state index in [0.717, 1.165) is 34.5 Å². The van der Waals surface area contributed by atoms with Gasteiger partial charge in [-0.3, -0.25) is 4.99 Å². The molecule has 0 amide bonds. The fourth-order valence-corrected chi connectivity index (χ4v) is 2.97. The number of aryl methyl sites for hydroxylation is 1. The molecule has 0 heterocycles. The zero-order valence-corrected chi connectivity index (χ0v) is 14.7. The van der Waals surface area contributed by atoms with Gasteiger partial charge < -0.3 is 5.41 Å². The second-order valence-corrected chi connectivity index (χ2v) is 6.75. The third kappa shape index (κ3) is 4.29. The molecule has 0 aromatic heterocycles. The van der Waals surface area contributed by atoms with Crippen molar-refractivity contribution < 1.29 is 0 Å². The number of nitrogens with zero attached hydrogens (tertiary/aromatic N) is 1. The molecule has 0 saturated heterocycles. The van der Waals surface area contributed by atoms with Crippen molar-refractivity contribution in [1.82, 2.24) is 0 Å². The molecule has 2 nitrogen and oxygen atoms in total. The summed E-state index contributed by atoms with van der Waals surface area (Å²) >= 11 is 6.02. The number of benzene rings is 2. The molecule has 0 fully saturated rings. The molecule has 3 heteroatoms. The van der Waals surface area contributed by atoms with Gasteiger partial charge in [0, 0.05) is 16.7 Å². The topological polar surface area (TPSA) is 36.2 Å². The summed E-state index contributed by atoms with van der Waals surface area (Å²) in [4.78, 5) is 4.03. The van der Waals surface area contributed by atoms with E-state index in [1.807, 2.05) is 43.3 Å². The third-order valence-corrected chi connectivity index (χ3v) is 4.16. The highest BCUT2D eigenvalue weighted by Crippen LogP contribution is 2.32. The highest BCUT2D eigenvalue weighted by molar-refractivity contribution is 6.30. The summed E-state index contributed by atoms with van der Waals surface area (Å²) in [7, 11) is 0.